The Hall–Kier alpha value is -3.70. The van der Waals surface area contributed by atoms with Gasteiger partial charge in [0.2, 0.25) is 24.2 Å². The molecule has 0 radical (unpaired) electrons. The van der Waals surface area contributed by atoms with E-state index in [4.69, 9.17) is 35.3 Å². The number of esters is 1. The Bertz CT molecular complexity index is 1430. The molecule has 0 spiro atoms. The molecule has 3 aromatic rings. The highest BCUT2D eigenvalue weighted by Crippen LogP contribution is 2.54. The third-order valence-electron chi connectivity index (χ3n) is 6.02. The monoisotopic (exact) mass is 532 g/mol. The number of ether oxygens (including phenoxy) is 5. The lowest BCUT2D eigenvalue weighted by Gasteiger charge is -2.33. The van der Waals surface area contributed by atoms with Crippen LogP contribution in [-0.4, -0.2) is 44.6 Å². The van der Waals surface area contributed by atoms with Crippen LogP contribution in [0.2, 0.25) is 5.02 Å². The highest BCUT2D eigenvalue weighted by Gasteiger charge is 2.41. The van der Waals surface area contributed by atoms with Crippen LogP contribution in [0.1, 0.15) is 22.8 Å². The summed E-state index contributed by atoms with van der Waals surface area (Å²) in [5, 5.41) is 0.420. The minimum Gasteiger partial charge on any atom is -0.492 e. The number of amides is 1. The molecular formula is C24H21ClN2O8S. The number of rotatable bonds is 6. The summed E-state index contributed by atoms with van der Waals surface area (Å²) >= 11 is 7.16. The summed E-state index contributed by atoms with van der Waals surface area (Å²) in [7, 11) is 4.20. The molecule has 188 valence electrons. The van der Waals surface area contributed by atoms with E-state index in [2.05, 4.69) is 0 Å². The molecule has 2 aromatic carbocycles. The fraction of sp³-hybridized carbons (Fsp3) is 0.292. The molecule has 0 unspecified atom stereocenters. The van der Waals surface area contributed by atoms with E-state index < -0.39 is 16.8 Å². The number of thiazole rings is 1. The largest absolute Gasteiger partial charge is 0.492 e. The molecule has 12 heteroatoms. The van der Waals surface area contributed by atoms with Crippen molar-refractivity contribution >= 4 is 46.3 Å². The van der Waals surface area contributed by atoms with Gasteiger partial charge in [0, 0.05) is 22.9 Å². The second-order valence-corrected chi connectivity index (χ2v) is 9.38. The van der Waals surface area contributed by atoms with Crippen LogP contribution in [0, 0.1) is 0 Å². The Balaban J connectivity index is 1.75. The number of aromatic nitrogens is 1. The molecule has 0 saturated heterocycles. The van der Waals surface area contributed by atoms with E-state index in [1.54, 1.807) is 30.3 Å². The number of nitrogens with zero attached hydrogens (tertiary/aromatic N) is 2. The Morgan fingerprint density at radius 1 is 1.14 bits per heavy atom. The summed E-state index contributed by atoms with van der Waals surface area (Å²) in [4.78, 5) is 40.6. The van der Waals surface area contributed by atoms with E-state index in [1.165, 1.54) is 30.8 Å². The molecule has 1 amide bonds. The maximum absolute atomic E-state index is 13.7. The van der Waals surface area contributed by atoms with Crippen LogP contribution in [0.3, 0.4) is 0 Å². The normalized spacial score (nSPS) is 16.1. The van der Waals surface area contributed by atoms with Crippen LogP contribution in [0.25, 0.3) is 0 Å². The van der Waals surface area contributed by atoms with Crippen LogP contribution in [0.15, 0.2) is 35.1 Å². The minimum absolute atomic E-state index is 0.0108. The van der Waals surface area contributed by atoms with Crippen LogP contribution in [0.5, 0.6) is 23.0 Å². The first-order chi connectivity index (χ1) is 17.4. The molecule has 1 aromatic heterocycles. The fourth-order valence-electron chi connectivity index (χ4n) is 4.48. The zero-order valence-corrected chi connectivity index (χ0v) is 21.1. The van der Waals surface area contributed by atoms with Gasteiger partial charge in [-0.1, -0.05) is 29.0 Å². The van der Waals surface area contributed by atoms with Gasteiger partial charge in [-0.25, -0.2) is 0 Å². The summed E-state index contributed by atoms with van der Waals surface area (Å²) in [5.41, 5.74) is 1.06. The topological polar surface area (TPSA) is 106 Å². The molecule has 5 rings (SSSR count). The second-order valence-electron chi connectivity index (χ2n) is 7.95. The molecule has 3 heterocycles. The summed E-state index contributed by atoms with van der Waals surface area (Å²) in [6.45, 7) is -0.349. The Kier molecular flexibility index (Phi) is 6.27. The van der Waals surface area contributed by atoms with E-state index in [1.807, 2.05) is 0 Å². The summed E-state index contributed by atoms with van der Waals surface area (Å²) in [5.74, 6) is 0.297. The SMILES string of the molecule is COC(=O)Cn1c2c(sc1=O)[C@@H](c1cc3c(c(OC)c1OC)OCO3)CC(=O)N2c1cccc(Cl)c1. The molecular weight excluding hydrogens is 512 g/mol. The number of fused-ring (bicyclic) bond motifs is 2. The van der Waals surface area contributed by atoms with Gasteiger partial charge in [-0.05, 0) is 24.3 Å². The van der Waals surface area contributed by atoms with Crippen LogP contribution in [-0.2, 0) is 20.9 Å². The Morgan fingerprint density at radius 2 is 1.92 bits per heavy atom. The zero-order valence-electron chi connectivity index (χ0n) is 19.5. The predicted octanol–water partition coefficient (Wildman–Crippen LogP) is 3.68. The highest BCUT2D eigenvalue weighted by atomic mass is 35.5. The van der Waals surface area contributed by atoms with Crippen LogP contribution in [0.4, 0.5) is 11.5 Å². The third kappa shape index (κ3) is 3.84. The standard InChI is InChI=1S/C24H21ClN2O8S/c1-31-18(29)10-26-23-22(36-24(26)30)15(9-17(28)27(23)13-6-4-5-12(25)7-13)14-8-16-20(35-11-34-16)21(33-3)19(14)32-2/h4-8,15H,9-11H2,1-3H3/t15-/m1/s1. The molecule has 0 N–H and O–H groups in total. The Morgan fingerprint density at radius 3 is 2.61 bits per heavy atom. The van der Waals surface area contributed by atoms with Gasteiger partial charge in [0.05, 0.1) is 31.9 Å². The van der Waals surface area contributed by atoms with E-state index in [0.717, 1.165) is 11.3 Å². The number of halogens is 1. The van der Waals surface area contributed by atoms with E-state index in [9.17, 15) is 14.4 Å². The molecule has 10 nitrogen and oxygen atoms in total. The first kappa shape index (κ1) is 24.0. The number of methoxy groups -OCH3 is 3. The van der Waals surface area contributed by atoms with Crippen molar-refractivity contribution in [3.8, 4) is 23.0 Å². The number of anilines is 2. The summed E-state index contributed by atoms with van der Waals surface area (Å²) in [6.07, 6.45) is 0.0108. The number of benzene rings is 2. The lowest BCUT2D eigenvalue weighted by Crippen LogP contribution is -2.36. The van der Waals surface area contributed by atoms with Crippen molar-refractivity contribution in [2.75, 3.05) is 33.0 Å². The summed E-state index contributed by atoms with van der Waals surface area (Å²) in [6, 6.07) is 8.45. The van der Waals surface area contributed by atoms with E-state index in [-0.39, 0.29) is 31.5 Å². The van der Waals surface area contributed by atoms with Crippen LogP contribution >= 0.6 is 22.9 Å². The molecule has 0 aliphatic carbocycles. The van der Waals surface area contributed by atoms with Crippen molar-refractivity contribution in [1.82, 2.24) is 4.57 Å². The van der Waals surface area contributed by atoms with Gasteiger partial charge >= 0.3 is 10.8 Å². The number of hydrogen-bond donors (Lipinski definition) is 0. The lowest BCUT2D eigenvalue weighted by molar-refractivity contribution is -0.141. The quantitative estimate of drug-likeness (QED) is 0.443. The molecule has 1 atom stereocenters. The molecule has 0 fully saturated rings. The first-order valence-electron chi connectivity index (χ1n) is 10.8. The molecule has 0 saturated carbocycles. The van der Waals surface area contributed by atoms with Crippen molar-refractivity contribution in [3.63, 3.8) is 0 Å². The van der Waals surface area contributed by atoms with Gasteiger partial charge in [-0.3, -0.25) is 23.9 Å². The van der Waals surface area contributed by atoms with Gasteiger partial charge in [0.1, 0.15) is 12.4 Å². The van der Waals surface area contributed by atoms with Crippen molar-refractivity contribution in [2.45, 2.75) is 18.9 Å². The van der Waals surface area contributed by atoms with Gasteiger partial charge < -0.3 is 23.7 Å². The number of carbonyl (C=O) groups is 2. The molecule has 36 heavy (non-hydrogen) atoms. The Labute approximate surface area is 214 Å². The van der Waals surface area contributed by atoms with Crippen molar-refractivity contribution in [1.29, 1.82) is 0 Å². The van der Waals surface area contributed by atoms with Gasteiger partial charge in [0.25, 0.3) is 0 Å². The molecule has 2 aliphatic rings. The van der Waals surface area contributed by atoms with Crippen molar-refractivity contribution < 1.29 is 33.3 Å². The van der Waals surface area contributed by atoms with Gasteiger partial charge in [-0.15, -0.1) is 0 Å². The smallest absolute Gasteiger partial charge is 0.325 e. The average Bonchev–Trinajstić information content (AvgIpc) is 3.46. The maximum atomic E-state index is 13.7. The minimum atomic E-state index is -0.624. The van der Waals surface area contributed by atoms with E-state index >= 15 is 0 Å². The first-order valence-corrected chi connectivity index (χ1v) is 12.0. The summed E-state index contributed by atoms with van der Waals surface area (Å²) < 4.78 is 28.4. The average molecular weight is 533 g/mol. The maximum Gasteiger partial charge on any atom is 0.325 e. The third-order valence-corrected chi connectivity index (χ3v) is 7.33. The second kappa shape index (κ2) is 9.40. The van der Waals surface area contributed by atoms with Crippen molar-refractivity contribution in [2.24, 2.45) is 0 Å². The van der Waals surface area contributed by atoms with Crippen LogP contribution < -0.4 is 28.7 Å². The highest BCUT2D eigenvalue weighted by molar-refractivity contribution is 7.10. The van der Waals surface area contributed by atoms with Gasteiger partial charge in [0.15, 0.2) is 11.5 Å². The number of carbonyl (C=O) groups excluding carboxylic acids is 2. The molecule has 2 aliphatic heterocycles. The van der Waals surface area contributed by atoms with Crippen molar-refractivity contribution in [3.05, 3.63) is 55.5 Å². The lowest BCUT2D eigenvalue weighted by atomic mass is 9.89. The number of hydrogen-bond acceptors (Lipinski definition) is 9. The fourth-order valence-corrected chi connectivity index (χ4v) is 5.76. The van der Waals surface area contributed by atoms with Gasteiger partial charge in [-0.2, -0.15) is 0 Å². The predicted molar refractivity (Wildman–Crippen MR) is 131 cm³/mol. The zero-order chi connectivity index (χ0) is 25.6. The van der Waals surface area contributed by atoms with E-state index in [0.29, 0.717) is 44.1 Å². The molecule has 0 bridgehead atoms.